The van der Waals surface area contributed by atoms with Crippen LogP contribution in [0.25, 0.3) is 10.9 Å². The van der Waals surface area contributed by atoms with Gasteiger partial charge in [-0.3, -0.25) is 0 Å². The van der Waals surface area contributed by atoms with E-state index in [1.165, 1.54) is 12.1 Å². The predicted octanol–water partition coefficient (Wildman–Crippen LogP) is 4.90. The molecule has 0 unspecified atom stereocenters. The summed E-state index contributed by atoms with van der Waals surface area (Å²) in [5.74, 6) is -6.94. The van der Waals surface area contributed by atoms with Gasteiger partial charge < -0.3 is 0 Å². The van der Waals surface area contributed by atoms with Gasteiger partial charge in [0.2, 0.25) is 5.82 Å². The zero-order valence-corrected chi connectivity index (χ0v) is 11.2. The van der Waals surface area contributed by atoms with Crippen LogP contribution in [-0.2, 0) is 5.92 Å². The number of fused-ring (bicyclic) bond motifs is 1. The van der Waals surface area contributed by atoms with Crippen molar-refractivity contribution in [2.45, 2.75) is 19.0 Å². The lowest BCUT2D eigenvalue weighted by Gasteiger charge is -2.19. The first-order chi connectivity index (χ1) is 9.05. The summed E-state index contributed by atoms with van der Waals surface area (Å²) in [5, 5.41) is -0.455. The summed E-state index contributed by atoms with van der Waals surface area (Å²) < 4.78 is 63.5. The van der Waals surface area contributed by atoms with Crippen LogP contribution in [0.5, 0.6) is 0 Å². The number of halogens is 7. The van der Waals surface area contributed by atoms with Crippen LogP contribution in [-0.4, -0.2) is 16.1 Å². The fourth-order valence-corrected chi connectivity index (χ4v) is 2.10. The van der Waals surface area contributed by atoms with E-state index in [0.717, 1.165) is 0 Å². The van der Waals surface area contributed by atoms with Gasteiger partial charge in [0.05, 0.1) is 10.5 Å². The molecule has 0 radical (unpaired) electrons. The average molecular weight is 331 g/mol. The molecule has 0 saturated carbocycles. The van der Waals surface area contributed by atoms with Gasteiger partial charge >= 0.3 is 12.1 Å². The lowest BCUT2D eigenvalue weighted by atomic mass is 10.1. The summed E-state index contributed by atoms with van der Waals surface area (Å²) in [6.45, 7) is 1.58. The van der Waals surface area contributed by atoms with Crippen LogP contribution in [0.3, 0.4) is 0 Å². The second-order valence-electron chi connectivity index (χ2n) is 4.00. The number of aryl methyl sites for hydroxylation is 1. The Balaban J connectivity index is 2.80. The van der Waals surface area contributed by atoms with Gasteiger partial charge in [-0.2, -0.15) is 22.0 Å². The highest BCUT2D eigenvalue weighted by Gasteiger charge is 2.61. The highest BCUT2D eigenvalue weighted by Crippen LogP contribution is 2.43. The Morgan fingerprint density at radius 3 is 2.15 bits per heavy atom. The quantitative estimate of drug-likeness (QED) is 0.549. The number of hydrogen-bond acceptors (Lipinski definition) is 2. The molecule has 20 heavy (non-hydrogen) atoms. The van der Waals surface area contributed by atoms with E-state index in [-0.39, 0.29) is 15.9 Å². The van der Waals surface area contributed by atoms with Gasteiger partial charge in [0, 0.05) is 5.39 Å². The van der Waals surface area contributed by atoms with Crippen molar-refractivity contribution in [2.75, 3.05) is 0 Å². The first-order valence-electron chi connectivity index (χ1n) is 5.13. The molecule has 0 aliphatic carbocycles. The van der Waals surface area contributed by atoms with Crippen LogP contribution in [0.1, 0.15) is 11.4 Å². The third-order valence-electron chi connectivity index (χ3n) is 2.60. The molecule has 1 aromatic carbocycles. The minimum Gasteiger partial charge on any atom is -0.225 e. The van der Waals surface area contributed by atoms with Crippen molar-refractivity contribution >= 4 is 34.1 Å². The van der Waals surface area contributed by atoms with Crippen molar-refractivity contribution < 1.29 is 22.0 Å². The predicted molar refractivity (Wildman–Crippen MR) is 64.2 cm³/mol. The molecule has 0 atom stereocenters. The summed E-state index contributed by atoms with van der Waals surface area (Å²) in [5.41, 5.74) is 0.266. The van der Waals surface area contributed by atoms with Gasteiger partial charge in [-0.1, -0.05) is 29.3 Å². The van der Waals surface area contributed by atoms with Crippen molar-refractivity contribution in [3.8, 4) is 0 Å². The molecule has 9 heteroatoms. The van der Waals surface area contributed by atoms with Crippen LogP contribution < -0.4 is 0 Å². The Bertz CT molecular complexity index is 685. The molecule has 0 spiro atoms. The third kappa shape index (κ3) is 2.29. The maximum atomic E-state index is 13.3. The Hall–Kier alpha value is -1.21. The van der Waals surface area contributed by atoms with Gasteiger partial charge in [0.15, 0.2) is 0 Å². The summed E-state index contributed by atoms with van der Waals surface area (Å²) >= 11 is 11.4. The Morgan fingerprint density at radius 1 is 1.00 bits per heavy atom. The lowest BCUT2D eigenvalue weighted by molar-refractivity contribution is -0.292. The van der Waals surface area contributed by atoms with Crippen molar-refractivity contribution in [1.29, 1.82) is 0 Å². The molecule has 0 saturated heterocycles. The summed E-state index contributed by atoms with van der Waals surface area (Å²) in [6, 6.07) is 2.86. The summed E-state index contributed by atoms with van der Waals surface area (Å²) in [6.07, 6.45) is -5.82. The molecule has 2 aromatic rings. The van der Waals surface area contributed by atoms with Crippen LogP contribution in [0, 0.1) is 6.92 Å². The van der Waals surface area contributed by atoms with Gasteiger partial charge in [-0.25, -0.2) is 9.97 Å². The van der Waals surface area contributed by atoms with Crippen LogP contribution in [0.4, 0.5) is 22.0 Å². The average Bonchev–Trinajstić information content (AvgIpc) is 2.31. The molecule has 0 aliphatic heterocycles. The summed E-state index contributed by atoms with van der Waals surface area (Å²) in [7, 11) is 0. The Labute approximate surface area is 119 Å². The van der Waals surface area contributed by atoms with Crippen molar-refractivity contribution in [2.24, 2.45) is 0 Å². The first-order valence-corrected chi connectivity index (χ1v) is 5.88. The number of hydrogen-bond donors (Lipinski definition) is 0. The maximum absolute atomic E-state index is 13.3. The Morgan fingerprint density at radius 2 is 1.60 bits per heavy atom. The van der Waals surface area contributed by atoms with Gasteiger partial charge in [0.1, 0.15) is 5.15 Å². The van der Waals surface area contributed by atoms with E-state index in [9.17, 15) is 22.0 Å². The second-order valence-corrected chi connectivity index (χ2v) is 4.76. The van der Waals surface area contributed by atoms with E-state index in [4.69, 9.17) is 23.2 Å². The van der Waals surface area contributed by atoms with E-state index >= 15 is 0 Å². The van der Waals surface area contributed by atoms with Crippen molar-refractivity contribution in [1.82, 2.24) is 9.97 Å². The van der Waals surface area contributed by atoms with Gasteiger partial charge in [-0.05, 0) is 18.6 Å². The van der Waals surface area contributed by atoms with Crippen molar-refractivity contribution in [3.05, 3.63) is 33.7 Å². The normalized spacial score (nSPS) is 13.0. The molecular weight excluding hydrogens is 326 g/mol. The van der Waals surface area contributed by atoms with E-state index in [0.29, 0.717) is 5.56 Å². The molecule has 0 aliphatic rings. The van der Waals surface area contributed by atoms with Crippen LogP contribution in [0.15, 0.2) is 12.1 Å². The maximum Gasteiger partial charge on any atom is 0.461 e. The zero-order valence-electron chi connectivity index (χ0n) is 9.69. The number of nitrogens with zero attached hydrogens (tertiary/aromatic N) is 2. The molecule has 0 amide bonds. The largest absolute Gasteiger partial charge is 0.461 e. The highest BCUT2D eigenvalue weighted by atomic mass is 35.5. The molecule has 108 valence electrons. The van der Waals surface area contributed by atoms with Crippen molar-refractivity contribution in [3.63, 3.8) is 0 Å². The fraction of sp³-hybridized carbons (Fsp3) is 0.273. The number of rotatable bonds is 1. The highest BCUT2D eigenvalue weighted by molar-refractivity contribution is 6.38. The molecular formula is C11H5Cl2F5N2. The molecule has 2 nitrogen and oxygen atoms in total. The van der Waals surface area contributed by atoms with E-state index in [1.54, 1.807) is 6.92 Å². The fourth-order valence-electron chi connectivity index (χ4n) is 1.58. The van der Waals surface area contributed by atoms with Gasteiger partial charge in [0.25, 0.3) is 0 Å². The minimum absolute atomic E-state index is 0.0888. The van der Waals surface area contributed by atoms with E-state index in [1.807, 2.05) is 0 Å². The summed E-state index contributed by atoms with van der Waals surface area (Å²) in [4.78, 5) is 6.30. The Kier molecular flexibility index (Phi) is 3.54. The van der Waals surface area contributed by atoms with Gasteiger partial charge in [-0.15, -0.1) is 0 Å². The third-order valence-corrected chi connectivity index (χ3v) is 3.18. The molecule has 2 rings (SSSR count). The lowest BCUT2D eigenvalue weighted by Crippen LogP contribution is -2.35. The minimum atomic E-state index is -5.82. The van der Waals surface area contributed by atoms with Crippen LogP contribution in [0.2, 0.25) is 10.2 Å². The molecule has 0 N–H and O–H groups in total. The zero-order chi connectivity index (χ0) is 15.3. The first kappa shape index (κ1) is 15.2. The number of aromatic nitrogens is 2. The number of benzene rings is 1. The van der Waals surface area contributed by atoms with E-state index < -0.39 is 23.1 Å². The smallest absolute Gasteiger partial charge is 0.225 e. The topological polar surface area (TPSA) is 25.8 Å². The molecule has 0 fully saturated rings. The SMILES string of the molecule is Cc1ccc(Cl)c2nc(C(F)(F)C(F)(F)F)nc(Cl)c12. The van der Waals surface area contributed by atoms with Crippen LogP contribution >= 0.6 is 23.2 Å². The number of alkyl halides is 5. The van der Waals surface area contributed by atoms with E-state index in [2.05, 4.69) is 9.97 Å². The molecule has 1 heterocycles. The molecule has 1 aromatic heterocycles. The monoisotopic (exact) mass is 330 g/mol. The second kappa shape index (κ2) is 4.66. The molecule has 0 bridgehead atoms. The standard InChI is InChI=1S/C11H5Cl2F5N2/c1-4-2-3-5(12)7-6(4)8(13)20-9(19-7)10(14,15)11(16,17)18/h2-3H,1H3.